The average molecular weight is 341 g/mol. The number of nitrogens with one attached hydrogen (secondary N) is 1. The van der Waals surface area contributed by atoms with Crippen LogP contribution in [-0.2, 0) is 6.54 Å². The molecule has 0 aliphatic heterocycles. The first-order chi connectivity index (χ1) is 12.1. The number of benzene rings is 1. The largest absolute Gasteiger partial charge is 0.334 e. The number of amides is 2. The van der Waals surface area contributed by atoms with Crippen molar-refractivity contribution < 1.29 is 4.79 Å². The number of rotatable bonds is 7. The minimum absolute atomic E-state index is 0.00383. The lowest BCUT2D eigenvalue weighted by atomic mass is 9.84. The predicted molar refractivity (Wildman–Crippen MR) is 96.9 cm³/mol. The van der Waals surface area contributed by atoms with Crippen molar-refractivity contribution in [2.24, 2.45) is 5.92 Å². The minimum Gasteiger partial charge on any atom is -0.334 e. The van der Waals surface area contributed by atoms with Gasteiger partial charge in [0.15, 0.2) is 0 Å². The second kappa shape index (κ2) is 8.14. The molecule has 1 saturated carbocycles. The van der Waals surface area contributed by atoms with Crippen LogP contribution < -0.4 is 5.32 Å². The topological polar surface area (TPSA) is 63.1 Å². The average Bonchev–Trinajstić information content (AvgIpc) is 3.06. The van der Waals surface area contributed by atoms with E-state index in [0.717, 1.165) is 6.54 Å². The monoisotopic (exact) mass is 341 g/mol. The lowest BCUT2D eigenvalue weighted by Gasteiger charge is -2.37. The van der Waals surface area contributed by atoms with Crippen molar-refractivity contribution in [3.63, 3.8) is 0 Å². The summed E-state index contributed by atoms with van der Waals surface area (Å²) in [5, 5.41) is 7.22. The summed E-state index contributed by atoms with van der Waals surface area (Å²) in [6.45, 7) is 5.53. The van der Waals surface area contributed by atoms with Gasteiger partial charge in [0, 0.05) is 12.6 Å². The van der Waals surface area contributed by atoms with E-state index in [9.17, 15) is 4.79 Å². The summed E-state index contributed by atoms with van der Waals surface area (Å²) in [6.07, 6.45) is 6.90. The summed E-state index contributed by atoms with van der Waals surface area (Å²) in [5.41, 5.74) is 1.17. The molecule has 1 fully saturated rings. The van der Waals surface area contributed by atoms with Crippen LogP contribution in [0, 0.1) is 5.92 Å². The molecule has 134 valence electrons. The highest BCUT2D eigenvalue weighted by Gasteiger charge is 2.28. The third-order valence-electron chi connectivity index (χ3n) is 4.99. The lowest BCUT2D eigenvalue weighted by molar-refractivity contribution is 0.142. The van der Waals surface area contributed by atoms with E-state index < -0.39 is 0 Å². The van der Waals surface area contributed by atoms with Gasteiger partial charge in [0.2, 0.25) is 0 Å². The maximum Gasteiger partial charge on any atom is 0.318 e. The Bertz CT molecular complexity index is 654. The Hall–Kier alpha value is -2.37. The van der Waals surface area contributed by atoms with Crippen LogP contribution in [0.25, 0.3) is 0 Å². The fourth-order valence-corrected chi connectivity index (χ4v) is 3.23. The zero-order valence-electron chi connectivity index (χ0n) is 15.0. The predicted octanol–water partition coefficient (Wildman–Crippen LogP) is 3.24. The summed E-state index contributed by atoms with van der Waals surface area (Å²) in [7, 11) is 0. The maximum atomic E-state index is 12.9. The van der Waals surface area contributed by atoms with E-state index in [1.54, 1.807) is 11.0 Å². The number of hydrogen-bond acceptors (Lipinski definition) is 3. The molecular weight excluding hydrogens is 314 g/mol. The quantitative estimate of drug-likeness (QED) is 0.841. The van der Waals surface area contributed by atoms with Gasteiger partial charge in [0.25, 0.3) is 0 Å². The third kappa shape index (κ3) is 4.59. The molecule has 2 atom stereocenters. The summed E-state index contributed by atoms with van der Waals surface area (Å²) in [5.74, 6) is 0.627. The van der Waals surface area contributed by atoms with Crippen LogP contribution in [0.5, 0.6) is 0 Å². The van der Waals surface area contributed by atoms with Crippen LogP contribution in [0.15, 0.2) is 43.0 Å². The second-order valence-corrected chi connectivity index (χ2v) is 7.00. The standard InChI is InChI=1S/C19H27N5O/c1-15(11-23-14-20-13-21-23)22-19(25)24(12-17-7-6-8-17)16(2)18-9-4-3-5-10-18/h3-5,9-10,13-17H,6-8,11-12H2,1-2H3,(H,22,25)/t15-,16+/m1/s1. The highest BCUT2D eigenvalue weighted by atomic mass is 16.2. The number of carbonyl (C=O) groups excluding carboxylic acids is 1. The number of hydrogen-bond donors (Lipinski definition) is 1. The zero-order valence-corrected chi connectivity index (χ0v) is 15.0. The van der Waals surface area contributed by atoms with Crippen LogP contribution in [0.1, 0.15) is 44.7 Å². The third-order valence-corrected chi connectivity index (χ3v) is 4.99. The van der Waals surface area contributed by atoms with E-state index in [1.807, 2.05) is 30.0 Å². The number of urea groups is 1. The van der Waals surface area contributed by atoms with E-state index >= 15 is 0 Å². The summed E-state index contributed by atoms with van der Waals surface area (Å²) in [4.78, 5) is 18.9. The highest BCUT2D eigenvalue weighted by molar-refractivity contribution is 5.75. The molecule has 2 amide bonds. The Labute approximate surface area is 149 Å². The van der Waals surface area contributed by atoms with Crippen LogP contribution in [-0.4, -0.2) is 38.3 Å². The van der Waals surface area contributed by atoms with Crippen LogP contribution in [0.4, 0.5) is 4.79 Å². The van der Waals surface area contributed by atoms with Gasteiger partial charge in [-0.2, -0.15) is 5.10 Å². The Morgan fingerprint density at radius 2 is 2.08 bits per heavy atom. The molecule has 0 bridgehead atoms. The van der Waals surface area contributed by atoms with Crippen LogP contribution >= 0.6 is 0 Å². The maximum absolute atomic E-state index is 12.9. The van der Waals surface area contributed by atoms with Crippen molar-refractivity contribution in [1.82, 2.24) is 25.0 Å². The smallest absolute Gasteiger partial charge is 0.318 e. The Morgan fingerprint density at radius 3 is 2.68 bits per heavy atom. The molecule has 1 aliphatic rings. The molecule has 2 aromatic rings. The minimum atomic E-state index is -0.0129. The van der Waals surface area contributed by atoms with Gasteiger partial charge in [-0.3, -0.25) is 4.68 Å². The first-order valence-electron chi connectivity index (χ1n) is 9.08. The normalized spacial score (nSPS) is 16.7. The first kappa shape index (κ1) is 17.5. The zero-order chi connectivity index (χ0) is 17.6. The van der Waals surface area contributed by atoms with Crippen molar-refractivity contribution in [3.8, 4) is 0 Å². The van der Waals surface area contributed by atoms with Gasteiger partial charge in [-0.25, -0.2) is 9.78 Å². The van der Waals surface area contributed by atoms with Crippen molar-refractivity contribution in [2.75, 3.05) is 6.54 Å². The number of aromatic nitrogens is 3. The van der Waals surface area contributed by atoms with E-state index in [0.29, 0.717) is 12.5 Å². The summed E-state index contributed by atoms with van der Waals surface area (Å²) < 4.78 is 1.74. The van der Waals surface area contributed by atoms with Gasteiger partial charge >= 0.3 is 6.03 Å². The lowest BCUT2D eigenvalue weighted by Crippen LogP contribution is -2.48. The number of nitrogens with zero attached hydrogens (tertiary/aromatic N) is 4. The van der Waals surface area contributed by atoms with Gasteiger partial charge < -0.3 is 10.2 Å². The molecule has 6 heteroatoms. The molecule has 1 aromatic carbocycles. The molecule has 1 aromatic heterocycles. The van der Waals surface area contributed by atoms with Crippen LogP contribution in [0.2, 0.25) is 0 Å². The van der Waals surface area contributed by atoms with Gasteiger partial charge in [0.1, 0.15) is 12.7 Å². The first-order valence-corrected chi connectivity index (χ1v) is 9.08. The molecule has 3 rings (SSSR count). The second-order valence-electron chi connectivity index (χ2n) is 7.00. The van der Waals surface area contributed by atoms with Crippen molar-refractivity contribution >= 4 is 6.03 Å². The molecule has 25 heavy (non-hydrogen) atoms. The van der Waals surface area contributed by atoms with E-state index in [-0.39, 0.29) is 18.1 Å². The van der Waals surface area contributed by atoms with Gasteiger partial charge in [0.05, 0.1) is 12.6 Å². The van der Waals surface area contributed by atoms with E-state index in [1.165, 1.54) is 31.2 Å². The Balaban J connectivity index is 1.65. The molecule has 6 nitrogen and oxygen atoms in total. The molecule has 0 radical (unpaired) electrons. The Kier molecular flexibility index (Phi) is 5.68. The molecule has 0 saturated heterocycles. The molecular formula is C19H27N5O. The highest BCUT2D eigenvalue weighted by Crippen LogP contribution is 2.30. The van der Waals surface area contributed by atoms with Crippen LogP contribution in [0.3, 0.4) is 0 Å². The molecule has 1 N–H and O–H groups in total. The summed E-state index contributed by atoms with van der Waals surface area (Å²) >= 11 is 0. The Morgan fingerprint density at radius 1 is 1.32 bits per heavy atom. The molecule has 1 aliphatic carbocycles. The number of carbonyl (C=O) groups is 1. The molecule has 0 spiro atoms. The van der Waals surface area contributed by atoms with Crippen molar-refractivity contribution in [1.29, 1.82) is 0 Å². The fourth-order valence-electron chi connectivity index (χ4n) is 3.23. The van der Waals surface area contributed by atoms with Gasteiger partial charge in [-0.1, -0.05) is 36.8 Å². The van der Waals surface area contributed by atoms with Crippen molar-refractivity contribution in [3.05, 3.63) is 48.5 Å². The summed E-state index contributed by atoms with van der Waals surface area (Å²) in [6, 6.07) is 10.3. The van der Waals surface area contributed by atoms with E-state index in [2.05, 4.69) is 34.5 Å². The molecule has 0 unspecified atom stereocenters. The van der Waals surface area contributed by atoms with Crippen molar-refractivity contribution in [2.45, 2.75) is 51.7 Å². The SMILES string of the molecule is C[C@H](Cn1cncn1)NC(=O)N(CC1CCC1)[C@@H](C)c1ccccc1. The van der Waals surface area contributed by atoms with Gasteiger partial charge in [-0.05, 0) is 38.2 Å². The van der Waals surface area contributed by atoms with E-state index in [4.69, 9.17) is 0 Å². The van der Waals surface area contributed by atoms with Gasteiger partial charge in [-0.15, -0.1) is 0 Å². The molecule has 1 heterocycles. The fraction of sp³-hybridized carbons (Fsp3) is 0.526.